The van der Waals surface area contributed by atoms with E-state index in [4.69, 9.17) is 14.2 Å². The fourth-order valence-electron chi connectivity index (χ4n) is 3.58. The van der Waals surface area contributed by atoms with E-state index in [0.717, 1.165) is 16.4 Å². The number of nitrogens with one attached hydrogen (secondary N) is 1. The van der Waals surface area contributed by atoms with Crippen molar-refractivity contribution in [1.29, 1.82) is 0 Å². The Morgan fingerprint density at radius 3 is 2.51 bits per heavy atom. The van der Waals surface area contributed by atoms with Crippen LogP contribution in [0.1, 0.15) is 36.7 Å². The Morgan fingerprint density at radius 2 is 1.91 bits per heavy atom. The largest absolute Gasteiger partial charge is 0.493 e. The maximum Gasteiger partial charge on any atom is 0.332 e. The van der Waals surface area contributed by atoms with Gasteiger partial charge < -0.3 is 24.6 Å². The number of carbonyl (C=O) groups excluding carboxylic acids is 4. The number of hydrogen-bond donors (Lipinski definition) is 2. The van der Waals surface area contributed by atoms with Crippen molar-refractivity contribution in [2.24, 2.45) is 18.9 Å². The molecule has 188 valence electrons. The number of amides is 1. The molecule has 1 aliphatic rings. The minimum Gasteiger partial charge on any atom is -0.493 e. The monoisotopic (exact) mass is 487 g/mol. The van der Waals surface area contributed by atoms with Crippen LogP contribution in [0.25, 0.3) is 0 Å². The van der Waals surface area contributed by atoms with Gasteiger partial charge in [0.25, 0.3) is 5.91 Å². The van der Waals surface area contributed by atoms with E-state index in [0.29, 0.717) is 0 Å². The number of aromatic hydroxyl groups is 1. The second-order valence-corrected chi connectivity index (χ2v) is 8.66. The predicted octanol–water partition coefficient (Wildman–Crippen LogP) is 1.14. The maximum absolute atomic E-state index is 13.2. The average Bonchev–Trinajstić information content (AvgIpc) is 3.17. The van der Waals surface area contributed by atoms with Gasteiger partial charge in [-0.05, 0) is 18.9 Å². The van der Waals surface area contributed by atoms with E-state index in [1.165, 1.54) is 14.0 Å². The van der Waals surface area contributed by atoms with Crippen molar-refractivity contribution in [2.45, 2.75) is 45.4 Å². The van der Waals surface area contributed by atoms with Crippen LogP contribution < -0.4 is 5.32 Å². The molecule has 0 spiro atoms. The van der Waals surface area contributed by atoms with Crippen LogP contribution in [0.2, 0.25) is 0 Å². The van der Waals surface area contributed by atoms with Crippen molar-refractivity contribution in [3.8, 4) is 5.88 Å². The molecule has 2 aromatic rings. The Kier molecular flexibility index (Phi) is 8.10. The Bertz CT molecular complexity index is 1080. The molecular formula is C24H29N3O8. The Hall–Kier alpha value is -3.89. The lowest BCUT2D eigenvalue weighted by Crippen LogP contribution is -2.46. The van der Waals surface area contributed by atoms with Crippen LogP contribution in [-0.4, -0.2) is 63.6 Å². The van der Waals surface area contributed by atoms with E-state index in [-0.39, 0.29) is 12.0 Å². The normalized spacial score (nSPS) is 22.9. The number of benzene rings is 1. The number of nitrogens with zero attached hydrogens (tertiary/aromatic N) is 2. The van der Waals surface area contributed by atoms with Gasteiger partial charge in [0.2, 0.25) is 5.88 Å². The lowest BCUT2D eigenvalue weighted by atomic mass is 9.91. The number of rotatable bonds is 6. The number of aromatic nitrogens is 2. The van der Waals surface area contributed by atoms with Crippen LogP contribution in [0.3, 0.4) is 0 Å². The highest BCUT2D eigenvalue weighted by Gasteiger charge is 2.42. The molecule has 0 radical (unpaired) electrons. The second kappa shape index (κ2) is 11.0. The summed E-state index contributed by atoms with van der Waals surface area (Å²) < 4.78 is 17.6. The van der Waals surface area contributed by atoms with Gasteiger partial charge in [-0.25, -0.2) is 9.48 Å². The summed E-state index contributed by atoms with van der Waals surface area (Å²) in [5.74, 6) is -4.77. The van der Waals surface area contributed by atoms with E-state index < -0.39 is 66.4 Å². The SMILES string of the molecule is CC(C)C(=O)O[C@H]1[C@H](C)OC(=O)[C@@H](NC(=O)c2cnn(C)c2O)COC(=O)[C@@H]1Cc1ccccc1. The van der Waals surface area contributed by atoms with Crippen LogP contribution in [0.15, 0.2) is 36.5 Å². The Morgan fingerprint density at radius 1 is 1.23 bits per heavy atom. The van der Waals surface area contributed by atoms with Crippen molar-refractivity contribution in [2.75, 3.05) is 6.61 Å². The molecule has 4 atom stereocenters. The first-order valence-corrected chi connectivity index (χ1v) is 11.2. The number of cyclic esters (lactones) is 2. The molecule has 0 unspecified atom stereocenters. The highest BCUT2D eigenvalue weighted by Crippen LogP contribution is 2.25. The number of carbonyl (C=O) groups is 4. The molecule has 1 aromatic heterocycles. The molecule has 0 saturated carbocycles. The molecule has 11 nitrogen and oxygen atoms in total. The van der Waals surface area contributed by atoms with Crippen LogP contribution in [-0.2, 0) is 42.1 Å². The van der Waals surface area contributed by atoms with Gasteiger partial charge in [0.05, 0.1) is 12.1 Å². The summed E-state index contributed by atoms with van der Waals surface area (Å²) in [5.41, 5.74) is 0.639. The first kappa shape index (κ1) is 25.7. The van der Waals surface area contributed by atoms with Gasteiger partial charge in [-0.3, -0.25) is 14.4 Å². The van der Waals surface area contributed by atoms with Gasteiger partial charge in [0, 0.05) is 7.05 Å². The van der Waals surface area contributed by atoms with Gasteiger partial charge in [-0.2, -0.15) is 5.10 Å². The van der Waals surface area contributed by atoms with Crippen LogP contribution in [0, 0.1) is 11.8 Å². The van der Waals surface area contributed by atoms with Gasteiger partial charge in [-0.1, -0.05) is 44.2 Å². The molecule has 3 rings (SSSR count). The topological polar surface area (TPSA) is 146 Å². The second-order valence-electron chi connectivity index (χ2n) is 8.66. The summed E-state index contributed by atoms with van der Waals surface area (Å²) in [6.45, 7) is 4.31. The molecule has 11 heteroatoms. The predicted molar refractivity (Wildman–Crippen MR) is 121 cm³/mol. The van der Waals surface area contributed by atoms with Crippen LogP contribution >= 0.6 is 0 Å². The molecule has 2 N–H and O–H groups in total. The van der Waals surface area contributed by atoms with Crippen molar-refractivity contribution in [1.82, 2.24) is 15.1 Å². The summed E-state index contributed by atoms with van der Waals surface area (Å²) in [4.78, 5) is 51.0. The fourth-order valence-corrected chi connectivity index (χ4v) is 3.58. The van der Waals surface area contributed by atoms with Crippen molar-refractivity contribution in [3.05, 3.63) is 47.7 Å². The fraction of sp³-hybridized carbons (Fsp3) is 0.458. The van der Waals surface area contributed by atoms with Crippen molar-refractivity contribution >= 4 is 23.8 Å². The number of aryl methyl sites for hydroxylation is 1. The number of esters is 3. The van der Waals surface area contributed by atoms with Crippen molar-refractivity contribution < 1.29 is 38.5 Å². The third-order valence-corrected chi connectivity index (χ3v) is 5.62. The van der Waals surface area contributed by atoms with Crippen LogP contribution in [0.4, 0.5) is 0 Å². The third kappa shape index (κ3) is 6.17. The summed E-state index contributed by atoms with van der Waals surface area (Å²) in [5, 5.41) is 16.1. The average molecular weight is 488 g/mol. The Labute approximate surface area is 202 Å². The quantitative estimate of drug-likeness (QED) is 0.452. The molecule has 0 aliphatic carbocycles. The zero-order valence-corrected chi connectivity index (χ0v) is 20.0. The van der Waals surface area contributed by atoms with E-state index >= 15 is 0 Å². The van der Waals surface area contributed by atoms with Gasteiger partial charge in [-0.15, -0.1) is 0 Å². The van der Waals surface area contributed by atoms with Crippen LogP contribution in [0.5, 0.6) is 5.88 Å². The molecule has 1 saturated heterocycles. The highest BCUT2D eigenvalue weighted by molar-refractivity contribution is 5.98. The molecule has 1 fully saturated rings. The van der Waals surface area contributed by atoms with Crippen molar-refractivity contribution in [3.63, 3.8) is 0 Å². The number of ether oxygens (including phenoxy) is 3. The Balaban J connectivity index is 1.86. The van der Waals surface area contributed by atoms with E-state index in [9.17, 15) is 24.3 Å². The maximum atomic E-state index is 13.2. The molecule has 1 aliphatic heterocycles. The summed E-state index contributed by atoms with van der Waals surface area (Å²) in [6, 6.07) is 7.74. The molecule has 2 heterocycles. The molecule has 0 bridgehead atoms. The minimum absolute atomic E-state index is 0.162. The summed E-state index contributed by atoms with van der Waals surface area (Å²) in [6.07, 6.45) is -0.816. The molecule has 35 heavy (non-hydrogen) atoms. The molecule has 1 aromatic carbocycles. The van der Waals surface area contributed by atoms with E-state index in [2.05, 4.69) is 10.4 Å². The van der Waals surface area contributed by atoms with E-state index in [1.807, 2.05) is 30.3 Å². The zero-order valence-electron chi connectivity index (χ0n) is 20.0. The lowest BCUT2D eigenvalue weighted by Gasteiger charge is -2.29. The van der Waals surface area contributed by atoms with E-state index in [1.54, 1.807) is 13.8 Å². The minimum atomic E-state index is -1.36. The molecular weight excluding hydrogens is 458 g/mol. The lowest BCUT2D eigenvalue weighted by molar-refractivity contribution is -0.176. The standard InChI is InChI=1S/C24H29N3O8/c1-13(2)22(30)35-19-14(3)34-24(32)18(26-20(28)17-11-25-27(4)21(17)29)12-33-23(31)16(19)10-15-8-6-5-7-9-15/h5-9,11,13-14,16,18-19,29H,10,12H2,1-4H3,(H,26,28)/t14-,16+,18-,19-/m0/s1. The summed E-state index contributed by atoms with van der Waals surface area (Å²) >= 11 is 0. The zero-order chi connectivity index (χ0) is 25.7. The van der Waals surface area contributed by atoms with Gasteiger partial charge in [0.15, 0.2) is 12.1 Å². The molecule has 1 amide bonds. The van der Waals surface area contributed by atoms with Gasteiger partial charge in [0.1, 0.15) is 24.2 Å². The third-order valence-electron chi connectivity index (χ3n) is 5.62. The smallest absolute Gasteiger partial charge is 0.332 e. The first-order valence-electron chi connectivity index (χ1n) is 11.2. The highest BCUT2D eigenvalue weighted by atomic mass is 16.6. The first-order chi connectivity index (χ1) is 16.6. The van der Waals surface area contributed by atoms with Gasteiger partial charge >= 0.3 is 17.9 Å². The number of hydrogen-bond acceptors (Lipinski definition) is 9. The summed E-state index contributed by atoms with van der Waals surface area (Å²) in [7, 11) is 1.44.